The number of hydrogen-bond donors (Lipinski definition) is 1. The molecule has 1 aliphatic rings. The number of nitro groups is 1. The van der Waals surface area contributed by atoms with Crippen LogP contribution < -0.4 is 10.1 Å². The van der Waals surface area contributed by atoms with Gasteiger partial charge in [-0.15, -0.1) is 0 Å². The summed E-state index contributed by atoms with van der Waals surface area (Å²) in [7, 11) is 0. The molecular formula is C22H25ClN2O4. The molecule has 2 aromatic carbocycles. The Morgan fingerprint density at radius 3 is 2.45 bits per heavy atom. The summed E-state index contributed by atoms with van der Waals surface area (Å²) in [4.78, 5) is 23.9. The SMILES string of the molecule is CCCOc1ccc(NC(=O)C2(c3ccc([N+](=O)[O-])cc3)CCCCC2)cc1Cl. The molecule has 1 aliphatic carbocycles. The smallest absolute Gasteiger partial charge is 0.269 e. The second-order valence-corrected chi connectivity index (χ2v) is 7.80. The van der Waals surface area contributed by atoms with E-state index in [-0.39, 0.29) is 11.6 Å². The minimum atomic E-state index is -0.697. The Morgan fingerprint density at radius 2 is 1.86 bits per heavy atom. The maximum Gasteiger partial charge on any atom is 0.269 e. The van der Waals surface area contributed by atoms with Crippen molar-refractivity contribution >= 4 is 28.9 Å². The lowest BCUT2D eigenvalue weighted by Crippen LogP contribution is -2.42. The number of ether oxygens (including phenoxy) is 1. The first-order valence-corrected chi connectivity index (χ1v) is 10.3. The second kappa shape index (κ2) is 9.27. The van der Waals surface area contributed by atoms with Crippen LogP contribution in [0.25, 0.3) is 0 Å². The summed E-state index contributed by atoms with van der Waals surface area (Å²) < 4.78 is 5.58. The molecule has 1 N–H and O–H groups in total. The zero-order valence-electron chi connectivity index (χ0n) is 16.4. The van der Waals surface area contributed by atoms with Crippen molar-refractivity contribution in [1.29, 1.82) is 0 Å². The first-order valence-electron chi connectivity index (χ1n) is 9.95. The summed E-state index contributed by atoms with van der Waals surface area (Å²) in [5, 5.41) is 14.4. The van der Waals surface area contributed by atoms with Gasteiger partial charge in [-0.25, -0.2) is 0 Å². The van der Waals surface area contributed by atoms with Gasteiger partial charge in [0.05, 0.1) is 22.0 Å². The third-order valence-electron chi connectivity index (χ3n) is 5.42. The zero-order valence-corrected chi connectivity index (χ0v) is 17.2. The molecule has 0 heterocycles. The van der Waals surface area contributed by atoms with Crippen LogP contribution in [0.1, 0.15) is 51.0 Å². The minimum absolute atomic E-state index is 0.0227. The summed E-state index contributed by atoms with van der Waals surface area (Å²) in [6.07, 6.45) is 5.26. The van der Waals surface area contributed by atoms with Crippen LogP contribution >= 0.6 is 11.6 Å². The van der Waals surface area contributed by atoms with Crippen molar-refractivity contribution in [2.45, 2.75) is 50.9 Å². The summed E-state index contributed by atoms with van der Waals surface area (Å²) in [6, 6.07) is 11.6. The molecule has 1 saturated carbocycles. The van der Waals surface area contributed by atoms with Crippen molar-refractivity contribution in [2.75, 3.05) is 11.9 Å². The molecule has 0 spiro atoms. The average Bonchev–Trinajstić information content (AvgIpc) is 2.73. The highest BCUT2D eigenvalue weighted by atomic mass is 35.5. The van der Waals surface area contributed by atoms with Crippen LogP contribution in [0.5, 0.6) is 5.75 Å². The van der Waals surface area contributed by atoms with Crippen molar-refractivity contribution < 1.29 is 14.5 Å². The van der Waals surface area contributed by atoms with E-state index >= 15 is 0 Å². The molecule has 0 unspecified atom stereocenters. The Balaban J connectivity index is 1.84. The van der Waals surface area contributed by atoms with E-state index in [0.29, 0.717) is 35.9 Å². The Kier molecular flexibility index (Phi) is 6.75. The van der Waals surface area contributed by atoms with E-state index in [0.717, 1.165) is 31.2 Å². The van der Waals surface area contributed by atoms with E-state index in [9.17, 15) is 14.9 Å². The van der Waals surface area contributed by atoms with Gasteiger partial charge in [0.2, 0.25) is 5.91 Å². The summed E-state index contributed by atoms with van der Waals surface area (Å²) in [6.45, 7) is 2.60. The number of benzene rings is 2. The number of anilines is 1. The number of halogens is 1. The molecule has 154 valence electrons. The number of nitrogens with zero attached hydrogens (tertiary/aromatic N) is 1. The fourth-order valence-corrected chi connectivity index (χ4v) is 4.10. The molecule has 0 aliphatic heterocycles. The van der Waals surface area contributed by atoms with Gasteiger partial charge in [-0.2, -0.15) is 0 Å². The molecule has 3 rings (SSSR count). The number of carbonyl (C=O) groups is 1. The van der Waals surface area contributed by atoms with Gasteiger partial charge in [-0.3, -0.25) is 14.9 Å². The molecule has 1 amide bonds. The number of non-ortho nitro benzene ring substituents is 1. The predicted octanol–water partition coefficient (Wildman–Crippen LogP) is 5.88. The monoisotopic (exact) mass is 416 g/mol. The Hall–Kier alpha value is -2.60. The van der Waals surface area contributed by atoms with Crippen LogP contribution in [0.3, 0.4) is 0 Å². The van der Waals surface area contributed by atoms with Crippen LogP contribution in [0.2, 0.25) is 5.02 Å². The predicted molar refractivity (Wildman–Crippen MR) is 114 cm³/mol. The summed E-state index contributed by atoms with van der Waals surface area (Å²) >= 11 is 6.29. The van der Waals surface area contributed by atoms with Gasteiger partial charge in [0.1, 0.15) is 5.75 Å². The summed E-state index contributed by atoms with van der Waals surface area (Å²) in [5.74, 6) is 0.485. The normalized spacial score (nSPS) is 15.5. The van der Waals surface area contributed by atoms with Crippen molar-refractivity contribution in [3.05, 3.63) is 63.2 Å². The van der Waals surface area contributed by atoms with Gasteiger partial charge >= 0.3 is 0 Å². The highest BCUT2D eigenvalue weighted by Crippen LogP contribution is 2.41. The highest BCUT2D eigenvalue weighted by Gasteiger charge is 2.41. The van der Waals surface area contributed by atoms with Crippen molar-refractivity contribution in [3.63, 3.8) is 0 Å². The fraction of sp³-hybridized carbons (Fsp3) is 0.409. The number of hydrogen-bond acceptors (Lipinski definition) is 4. The van der Waals surface area contributed by atoms with Crippen molar-refractivity contribution in [3.8, 4) is 5.75 Å². The Bertz CT molecular complexity index is 877. The molecule has 6 nitrogen and oxygen atoms in total. The van der Waals surface area contributed by atoms with E-state index < -0.39 is 10.3 Å². The van der Waals surface area contributed by atoms with E-state index in [1.54, 1.807) is 30.3 Å². The fourth-order valence-electron chi connectivity index (χ4n) is 3.86. The molecule has 2 aromatic rings. The lowest BCUT2D eigenvalue weighted by atomic mass is 9.68. The van der Waals surface area contributed by atoms with Gasteiger partial charge in [0.15, 0.2) is 0 Å². The molecule has 0 atom stereocenters. The Morgan fingerprint density at radius 1 is 1.17 bits per heavy atom. The maximum absolute atomic E-state index is 13.4. The number of amides is 1. The molecule has 29 heavy (non-hydrogen) atoms. The van der Waals surface area contributed by atoms with Gasteiger partial charge in [-0.1, -0.05) is 49.9 Å². The number of nitro benzene ring substituents is 1. The van der Waals surface area contributed by atoms with E-state index in [2.05, 4.69) is 5.32 Å². The average molecular weight is 417 g/mol. The maximum atomic E-state index is 13.4. The van der Waals surface area contributed by atoms with Crippen LogP contribution in [0.15, 0.2) is 42.5 Å². The highest BCUT2D eigenvalue weighted by molar-refractivity contribution is 6.32. The topological polar surface area (TPSA) is 81.5 Å². The van der Waals surface area contributed by atoms with Gasteiger partial charge in [0.25, 0.3) is 5.69 Å². The van der Waals surface area contributed by atoms with E-state index in [1.807, 2.05) is 6.92 Å². The van der Waals surface area contributed by atoms with Crippen LogP contribution in [0, 0.1) is 10.1 Å². The second-order valence-electron chi connectivity index (χ2n) is 7.39. The standard InChI is InChI=1S/C22H25ClN2O4/c1-2-14-29-20-11-8-17(15-19(20)23)24-21(26)22(12-4-3-5-13-22)16-6-9-18(10-7-16)25(27)28/h6-11,15H,2-5,12-14H2,1H3,(H,24,26). The van der Waals surface area contributed by atoms with Gasteiger partial charge in [-0.05, 0) is 43.0 Å². The van der Waals surface area contributed by atoms with Crippen LogP contribution in [-0.2, 0) is 10.2 Å². The molecule has 0 saturated heterocycles. The molecule has 7 heteroatoms. The molecule has 0 bridgehead atoms. The van der Waals surface area contributed by atoms with Crippen LogP contribution in [-0.4, -0.2) is 17.4 Å². The number of carbonyl (C=O) groups excluding carboxylic acids is 1. The van der Waals surface area contributed by atoms with E-state index in [1.165, 1.54) is 12.1 Å². The lowest BCUT2D eigenvalue weighted by Gasteiger charge is -2.36. The minimum Gasteiger partial charge on any atom is -0.492 e. The Labute approximate surface area is 175 Å². The lowest BCUT2D eigenvalue weighted by molar-refractivity contribution is -0.384. The van der Waals surface area contributed by atoms with E-state index in [4.69, 9.17) is 16.3 Å². The molecular weight excluding hydrogens is 392 g/mol. The number of rotatable bonds is 7. The summed E-state index contributed by atoms with van der Waals surface area (Å²) in [5.41, 5.74) is 0.747. The van der Waals surface area contributed by atoms with Crippen molar-refractivity contribution in [2.24, 2.45) is 0 Å². The third-order valence-corrected chi connectivity index (χ3v) is 5.72. The molecule has 0 aromatic heterocycles. The zero-order chi connectivity index (χ0) is 20.9. The first-order chi connectivity index (χ1) is 14.0. The largest absolute Gasteiger partial charge is 0.492 e. The number of nitrogens with one attached hydrogen (secondary N) is 1. The molecule has 1 fully saturated rings. The van der Waals surface area contributed by atoms with Gasteiger partial charge in [0, 0.05) is 17.8 Å². The third kappa shape index (κ3) is 4.70. The first kappa shape index (κ1) is 21.1. The van der Waals surface area contributed by atoms with Gasteiger partial charge < -0.3 is 10.1 Å². The quantitative estimate of drug-likeness (QED) is 0.451. The molecule has 0 radical (unpaired) electrons. The van der Waals surface area contributed by atoms with Crippen LogP contribution in [0.4, 0.5) is 11.4 Å². The van der Waals surface area contributed by atoms with Crippen molar-refractivity contribution in [1.82, 2.24) is 0 Å².